The predicted molar refractivity (Wildman–Crippen MR) is 37.0 cm³/mol. The molecule has 0 aliphatic carbocycles. The average Bonchev–Trinajstić information content (AvgIpc) is 1.89. The maximum absolute atomic E-state index is 4.97. The van der Waals surface area contributed by atoms with Crippen LogP contribution in [0.2, 0.25) is 0 Å². The number of ether oxygens (including phenoxy) is 2. The number of rotatable bonds is 6. The summed E-state index contributed by atoms with van der Waals surface area (Å²) in [6.45, 7) is 9.63. The molecule has 2 heteroatoms. The van der Waals surface area contributed by atoms with Crippen LogP contribution in [0.4, 0.5) is 0 Å². The topological polar surface area (TPSA) is 18.5 Å². The molecule has 0 saturated heterocycles. The second-order valence-corrected chi connectivity index (χ2v) is 1.58. The van der Waals surface area contributed by atoms with Gasteiger partial charge in [0.2, 0.25) is 0 Å². The molecule has 0 aliphatic rings. The van der Waals surface area contributed by atoms with Gasteiger partial charge in [0.15, 0.2) is 0 Å². The van der Waals surface area contributed by atoms with E-state index in [4.69, 9.17) is 9.47 Å². The molecule has 9 heavy (non-hydrogen) atoms. The summed E-state index contributed by atoms with van der Waals surface area (Å²) in [4.78, 5) is 0. The molecule has 0 heterocycles. The molecule has 0 bridgehead atoms. The minimum Gasteiger partial charge on any atom is -0.381 e. The van der Waals surface area contributed by atoms with Crippen molar-refractivity contribution >= 4 is 0 Å². The highest BCUT2D eigenvalue weighted by atomic mass is 16.5. The zero-order chi connectivity index (χ0) is 6.95. The van der Waals surface area contributed by atoms with Gasteiger partial charge in [0, 0.05) is 26.4 Å². The molecular weight excluding hydrogens is 116 g/mol. The van der Waals surface area contributed by atoms with Crippen LogP contribution in [0.25, 0.3) is 0 Å². The van der Waals surface area contributed by atoms with Crippen molar-refractivity contribution in [1.82, 2.24) is 0 Å². The maximum Gasteiger partial charge on any atom is 0.0487 e. The Morgan fingerprint density at radius 3 is 1.67 bits per heavy atom. The summed E-state index contributed by atoms with van der Waals surface area (Å²) in [5.41, 5.74) is 0. The van der Waals surface area contributed by atoms with E-state index in [1.165, 1.54) is 0 Å². The first kappa shape index (κ1) is 8.92. The lowest BCUT2D eigenvalue weighted by molar-refractivity contribution is 0.105. The van der Waals surface area contributed by atoms with Gasteiger partial charge in [-0.25, -0.2) is 0 Å². The van der Waals surface area contributed by atoms with Crippen LogP contribution in [0.15, 0.2) is 0 Å². The van der Waals surface area contributed by atoms with Crippen molar-refractivity contribution < 1.29 is 9.47 Å². The normalized spacial score (nSPS) is 10.0. The molecule has 0 aromatic carbocycles. The fraction of sp³-hybridized carbons (Fsp3) is 0.714. The molecule has 0 atom stereocenters. The Hall–Kier alpha value is -0.0800. The average molecular weight is 130 g/mol. The quantitative estimate of drug-likeness (QED) is 0.501. The van der Waals surface area contributed by atoms with E-state index in [0.29, 0.717) is 13.2 Å². The molecule has 0 saturated carbocycles. The van der Waals surface area contributed by atoms with Crippen LogP contribution < -0.4 is 0 Å². The van der Waals surface area contributed by atoms with Crippen LogP contribution >= 0.6 is 0 Å². The van der Waals surface area contributed by atoms with Crippen molar-refractivity contribution in [1.29, 1.82) is 0 Å². The van der Waals surface area contributed by atoms with Gasteiger partial charge in [-0.2, -0.15) is 0 Å². The number of hydrogen-bond donors (Lipinski definition) is 0. The maximum atomic E-state index is 4.97. The van der Waals surface area contributed by atoms with Crippen LogP contribution in [0.1, 0.15) is 6.42 Å². The third kappa shape index (κ3) is 7.92. The Morgan fingerprint density at radius 1 is 0.889 bits per heavy atom. The largest absolute Gasteiger partial charge is 0.381 e. The van der Waals surface area contributed by atoms with Crippen molar-refractivity contribution in [2.75, 3.05) is 26.4 Å². The highest BCUT2D eigenvalue weighted by Gasteiger charge is 1.84. The first-order chi connectivity index (χ1) is 4.41. The van der Waals surface area contributed by atoms with Gasteiger partial charge in [-0.15, -0.1) is 0 Å². The van der Waals surface area contributed by atoms with E-state index >= 15 is 0 Å². The second kappa shape index (κ2) is 7.92. The van der Waals surface area contributed by atoms with Gasteiger partial charge in [0.05, 0.1) is 0 Å². The molecular formula is C7H14O2. The SMILES string of the molecule is [CH2]COCCCOC[CH2]. The zero-order valence-corrected chi connectivity index (χ0v) is 5.77. The molecule has 0 N–H and O–H groups in total. The minimum atomic E-state index is 0.546. The summed E-state index contributed by atoms with van der Waals surface area (Å²) in [6.07, 6.45) is 0.936. The van der Waals surface area contributed by atoms with Crippen LogP contribution in [-0.2, 0) is 9.47 Å². The fourth-order valence-corrected chi connectivity index (χ4v) is 0.467. The second-order valence-electron chi connectivity index (χ2n) is 1.58. The molecule has 0 fully saturated rings. The van der Waals surface area contributed by atoms with Gasteiger partial charge in [0.1, 0.15) is 0 Å². The zero-order valence-electron chi connectivity index (χ0n) is 5.77. The summed E-state index contributed by atoms with van der Waals surface area (Å²) in [6, 6.07) is 0. The predicted octanol–water partition coefficient (Wildman–Crippen LogP) is 1.08. The van der Waals surface area contributed by atoms with Crippen molar-refractivity contribution in [2.45, 2.75) is 6.42 Å². The van der Waals surface area contributed by atoms with E-state index in [9.17, 15) is 0 Å². The third-order valence-electron chi connectivity index (χ3n) is 0.866. The molecule has 0 aromatic rings. The van der Waals surface area contributed by atoms with Gasteiger partial charge >= 0.3 is 0 Å². The monoisotopic (exact) mass is 130 g/mol. The molecule has 0 spiro atoms. The van der Waals surface area contributed by atoms with Gasteiger partial charge < -0.3 is 9.47 Å². The lowest BCUT2D eigenvalue weighted by Crippen LogP contribution is -2.00. The van der Waals surface area contributed by atoms with E-state index < -0.39 is 0 Å². The molecule has 0 rings (SSSR count). The molecule has 2 radical (unpaired) electrons. The smallest absolute Gasteiger partial charge is 0.0487 e. The van der Waals surface area contributed by atoms with Gasteiger partial charge in [-0.1, -0.05) is 0 Å². The molecule has 0 amide bonds. The Labute approximate surface area is 57.2 Å². The first-order valence-electron chi connectivity index (χ1n) is 3.15. The highest BCUT2D eigenvalue weighted by Crippen LogP contribution is 1.83. The van der Waals surface area contributed by atoms with Gasteiger partial charge in [-0.3, -0.25) is 0 Å². The lowest BCUT2D eigenvalue weighted by Gasteiger charge is -1.99. The van der Waals surface area contributed by atoms with Gasteiger partial charge in [0.25, 0.3) is 0 Å². The lowest BCUT2D eigenvalue weighted by atomic mass is 10.5. The molecule has 54 valence electrons. The van der Waals surface area contributed by atoms with Crippen LogP contribution in [0.3, 0.4) is 0 Å². The Balaban J connectivity index is 2.60. The van der Waals surface area contributed by atoms with Crippen molar-refractivity contribution in [3.05, 3.63) is 13.8 Å². The Kier molecular flexibility index (Phi) is 7.85. The van der Waals surface area contributed by atoms with Crippen LogP contribution in [0, 0.1) is 13.8 Å². The summed E-state index contributed by atoms with van der Waals surface area (Å²) < 4.78 is 9.94. The molecule has 2 nitrogen and oxygen atoms in total. The fourth-order valence-electron chi connectivity index (χ4n) is 0.467. The van der Waals surface area contributed by atoms with Crippen LogP contribution in [-0.4, -0.2) is 26.4 Å². The van der Waals surface area contributed by atoms with Crippen molar-refractivity contribution in [3.8, 4) is 0 Å². The minimum absolute atomic E-state index is 0.546. The molecule has 0 unspecified atom stereocenters. The van der Waals surface area contributed by atoms with Crippen molar-refractivity contribution in [3.63, 3.8) is 0 Å². The summed E-state index contributed by atoms with van der Waals surface area (Å²) in [7, 11) is 0. The number of hydrogen-bond acceptors (Lipinski definition) is 2. The molecule has 0 aromatic heterocycles. The van der Waals surface area contributed by atoms with E-state index in [1.54, 1.807) is 0 Å². The summed E-state index contributed by atoms with van der Waals surface area (Å²) in [5, 5.41) is 0. The standard InChI is InChI=1S/C7H14O2/c1-3-8-6-5-7-9-4-2/h1-7H2. The van der Waals surface area contributed by atoms with E-state index in [1.807, 2.05) is 0 Å². The first-order valence-corrected chi connectivity index (χ1v) is 3.15. The summed E-state index contributed by atoms with van der Waals surface area (Å²) in [5.74, 6) is 0. The summed E-state index contributed by atoms with van der Waals surface area (Å²) >= 11 is 0. The van der Waals surface area contributed by atoms with Crippen molar-refractivity contribution in [2.24, 2.45) is 0 Å². The van der Waals surface area contributed by atoms with Crippen LogP contribution in [0.5, 0.6) is 0 Å². The Morgan fingerprint density at radius 2 is 1.33 bits per heavy atom. The Bertz CT molecular complexity index is 40.2. The highest BCUT2D eigenvalue weighted by molar-refractivity contribution is 4.37. The van der Waals surface area contributed by atoms with E-state index in [2.05, 4.69) is 13.8 Å². The van der Waals surface area contributed by atoms with E-state index in [0.717, 1.165) is 19.6 Å². The van der Waals surface area contributed by atoms with Gasteiger partial charge in [-0.05, 0) is 20.3 Å². The van der Waals surface area contributed by atoms with E-state index in [-0.39, 0.29) is 0 Å². The third-order valence-corrected chi connectivity index (χ3v) is 0.866. The molecule has 0 aliphatic heterocycles.